The summed E-state index contributed by atoms with van der Waals surface area (Å²) in [4.78, 5) is 30.5. The van der Waals surface area contributed by atoms with E-state index in [1.165, 1.54) is 0 Å². The number of hydrogen-bond donors (Lipinski definition) is 0. The fraction of sp³-hybridized carbons (Fsp3) is 0.579. The lowest BCUT2D eigenvalue weighted by atomic mass is 9.95. The topological polar surface area (TPSA) is 53.1 Å². The van der Waals surface area contributed by atoms with Gasteiger partial charge in [0.15, 0.2) is 6.61 Å². The van der Waals surface area contributed by atoms with Gasteiger partial charge in [0.2, 0.25) is 5.91 Å². The Labute approximate surface area is 159 Å². The number of fused-ring (bicyclic) bond motifs is 4. The van der Waals surface area contributed by atoms with Gasteiger partial charge in [0.1, 0.15) is 5.75 Å². The van der Waals surface area contributed by atoms with E-state index in [1.54, 1.807) is 43.3 Å². The van der Waals surface area contributed by atoms with Crippen LogP contribution in [0, 0.1) is 5.92 Å². The molecule has 2 atom stereocenters. The number of halogens is 1. The molecule has 0 spiro atoms. The van der Waals surface area contributed by atoms with Gasteiger partial charge >= 0.3 is 0 Å². The molecular weight excluding hydrogens is 354 g/mol. The van der Waals surface area contributed by atoms with E-state index in [-0.39, 0.29) is 24.5 Å². The summed E-state index contributed by atoms with van der Waals surface area (Å²) in [5.41, 5.74) is 0. The Balaban J connectivity index is 1.59. The molecule has 3 fully saturated rings. The first-order valence-electron chi connectivity index (χ1n) is 9.02. The molecule has 3 aliphatic rings. The Hall–Kier alpha value is -1.79. The Morgan fingerprint density at radius 2 is 2.04 bits per heavy atom. The zero-order chi connectivity index (χ0) is 18.7. The molecule has 142 valence electrons. The predicted molar refractivity (Wildman–Crippen MR) is 100 cm³/mol. The van der Waals surface area contributed by atoms with Gasteiger partial charge < -0.3 is 14.5 Å². The van der Waals surface area contributed by atoms with E-state index in [9.17, 15) is 9.59 Å². The van der Waals surface area contributed by atoms with Crippen LogP contribution in [0.5, 0.6) is 5.75 Å². The minimum atomic E-state index is 0.000427. The van der Waals surface area contributed by atoms with E-state index in [0.717, 1.165) is 32.5 Å². The van der Waals surface area contributed by atoms with Crippen molar-refractivity contribution in [2.75, 3.05) is 46.9 Å². The van der Waals surface area contributed by atoms with Crippen LogP contribution in [0.25, 0.3) is 0 Å². The second-order valence-corrected chi connectivity index (χ2v) is 7.81. The standard InChI is InChI=1S/C19H26ClN3O3/c1-21(2)18(24)12-22-9-14-6-7-16(11-22)23(10-14)19(25)13-26-17-5-3-4-15(20)8-17/h3-5,8,14,16H,6-7,9-13H2,1-2H3/t14-,16+/m0/s1. The average Bonchev–Trinajstić information content (AvgIpc) is 2.90. The molecule has 0 saturated carbocycles. The summed E-state index contributed by atoms with van der Waals surface area (Å²) in [5, 5.41) is 0.588. The van der Waals surface area contributed by atoms with E-state index in [2.05, 4.69) is 4.90 Å². The lowest BCUT2D eigenvalue weighted by molar-refractivity contribution is -0.137. The summed E-state index contributed by atoms with van der Waals surface area (Å²) >= 11 is 5.95. The molecule has 3 saturated heterocycles. The molecule has 0 N–H and O–H groups in total. The van der Waals surface area contributed by atoms with Crippen LogP contribution >= 0.6 is 11.6 Å². The maximum Gasteiger partial charge on any atom is 0.260 e. The maximum atomic E-state index is 12.7. The summed E-state index contributed by atoms with van der Waals surface area (Å²) in [6, 6.07) is 7.23. The summed E-state index contributed by atoms with van der Waals surface area (Å²) in [6.45, 7) is 2.80. The number of hydrogen-bond acceptors (Lipinski definition) is 4. The van der Waals surface area contributed by atoms with E-state index in [4.69, 9.17) is 16.3 Å². The van der Waals surface area contributed by atoms with Gasteiger partial charge in [-0.3, -0.25) is 14.5 Å². The van der Waals surface area contributed by atoms with Crippen LogP contribution in [0.2, 0.25) is 5.02 Å². The molecule has 2 amide bonds. The minimum absolute atomic E-state index is 0.000427. The van der Waals surface area contributed by atoms with Crippen LogP contribution in [0.4, 0.5) is 0 Å². The number of piperidine rings is 1. The summed E-state index contributed by atoms with van der Waals surface area (Å²) in [7, 11) is 3.55. The van der Waals surface area contributed by atoms with E-state index >= 15 is 0 Å². The molecule has 1 aromatic rings. The van der Waals surface area contributed by atoms with Crippen molar-refractivity contribution < 1.29 is 14.3 Å². The first kappa shape index (κ1) is 19.0. The Morgan fingerprint density at radius 3 is 2.77 bits per heavy atom. The third-order valence-corrected chi connectivity index (χ3v) is 5.36. The average molecular weight is 380 g/mol. The van der Waals surface area contributed by atoms with E-state index in [1.807, 2.05) is 4.90 Å². The van der Waals surface area contributed by atoms with Crippen molar-refractivity contribution in [1.29, 1.82) is 0 Å². The summed E-state index contributed by atoms with van der Waals surface area (Å²) in [5.74, 6) is 1.12. The van der Waals surface area contributed by atoms with Gasteiger partial charge in [-0.2, -0.15) is 0 Å². The highest BCUT2D eigenvalue weighted by atomic mass is 35.5. The maximum absolute atomic E-state index is 12.7. The van der Waals surface area contributed by atoms with Crippen LogP contribution in [-0.2, 0) is 9.59 Å². The predicted octanol–water partition coefficient (Wildman–Crippen LogP) is 1.73. The summed E-state index contributed by atoms with van der Waals surface area (Å²) in [6.07, 6.45) is 2.09. The van der Waals surface area contributed by atoms with Gasteiger partial charge in [0.05, 0.1) is 6.54 Å². The van der Waals surface area contributed by atoms with Crippen molar-refractivity contribution in [3.8, 4) is 5.75 Å². The molecule has 1 aromatic carbocycles. The van der Waals surface area contributed by atoms with Crippen molar-refractivity contribution in [2.45, 2.75) is 18.9 Å². The third-order valence-electron chi connectivity index (χ3n) is 5.13. The fourth-order valence-electron chi connectivity index (χ4n) is 3.73. The molecule has 3 heterocycles. The monoisotopic (exact) mass is 379 g/mol. The van der Waals surface area contributed by atoms with Gasteiger partial charge in [-0.15, -0.1) is 0 Å². The zero-order valence-corrected chi connectivity index (χ0v) is 16.1. The lowest BCUT2D eigenvalue weighted by Gasteiger charge is -2.36. The van der Waals surface area contributed by atoms with Crippen molar-refractivity contribution in [1.82, 2.24) is 14.7 Å². The number of ether oxygens (including phenoxy) is 1. The van der Waals surface area contributed by atoms with Crippen LogP contribution in [0.1, 0.15) is 12.8 Å². The van der Waals surface area contributed by atoms with Crippen LogP contribution < -0.4 is 4.74 Å². The molecule has 0 aliphatic carbocycles. The van der Waals surface area contributed by atoms with Crippen molar-refractivity contribution in [3.05, 3.63) is 29.3 Å². The fourth-order valence-corrected chi connectivity index (χ4v) is 3.91. The Morgan fingerprint density at radius 1 is 1.23 bits per heavy atom. The number of likely N-dealkylation sites (N-methyl/N-ethyl adjacent to an activating group) is 1. The van der Waals surface area contributed by atoms with Gasteiger partial charge in [-0.05, 0) is 37.0 Å². The number of rotatable bonds is 5. The molecular formula is C19H26ClN3O3. The van der Waals surface area contributed by atoms with Crippen LogP contribution in [-0.4, -0.2) is 79.4 Å². The zero-order valence-electron chi connectivity index (χ0n) is 15.4. The summed E-state index contributed by atoms with van der Waals surface area (Å²) < 4.78 is 5.62. The number of carbonyl (C=O) groups is 2. The molecule has 4 rings (SSSR count). The van der Waals surface area contributed by atoms with Gasteiger partial charge in [0, 0.05) is 44.8 Å². The van der Waals surface area contributed by atoms with E-state index < -0.39 is 0 Å². The minimum Gasteiger partial charge on any atom is -0.484 e. The Bertz CT molecular complexity index is 667. The van der Waals surface area contributed by atoms with Crippen LogP contribution in [0.15, 0.2) is 24.3 Å². The highest BCUT2D eigenvalue weighted by molar-refractivity contribution is 6.30. The molecule has 7 heteroatoms. The Kier molecular flexibility index (Phi) is 6.04. The largest absolute Gasteiger partial charge is 0.484 e. The highest BCUT2D eigenvalue weighted by Gasteiger charge is 2.37. The lowest BCUT2D eigenvalue weighted by Crippen LogP contribution is -2.49. The van der Waals surface area contributed by atoms with Crippen molar-refractivity contribution >= 4 is 23.4 Å². The SMILES string of the molecule is CN(C)C(=O)CN1C[C@@H]2CC[C@H](C1)N(C(=O)COc1cccc(Cl)c1)C2. The third kappa shape index (κ3) is 4.68. The molecule has 6 nitrogen and oxygen atoms in total. The number of nitrogens with zero attached hydrogens (tertiary/aromatic N) is 3. The van der Waals surface area contributed by atoms with Gasteiger partial charge in [-0.1, -0.05) is 17.7 Å². The van der Waals surface area contributed by atoms with Crippen molar-refractivity contribution in [3.63, 3.8) is 0 Å². The molecule has 0 unspecified atom stereocenters. The number of carbonyl (C=O) groups excluding carboxylic acids is 2. The smallest absolute Gasteiger partial charge is 0.260 e. The van der Waals surface area contributed by atoms with Crippen molar-refractivity contribution in [2.24, 2.45) is 5.92 Å². The molecule has 3 aliphatic heterocycles. The number of amides is 2. The van der Waals surface area contributed by atoms with Gasteiger partial charge in [-0.25, -0.2) is 0 Å². The first-order valence-corrected chi connectivity index (χ1v) is 9.40. The molecule has 2 bridgehead atoms. The molecule has 0 aromatic heterocycles. The number of benzene rings is 1. The highest BCUT2D eigenvalue weighted by Crippen LogP contribution is 2.28. The molecule has 26 heavy (non-hydrogen) atoms. The first-order chi connectivity index (χ1) is 12.4. The normalized spacial score (nSPS) is 22.8. The second kappa shape index (κ2) is 8.27. The van der Waals surface area contributed by atoms with E-state index in [0.29, 0.717) is 23.2 Å². The molecule has 0 radical (unpaired) electrons. The quantitative estimate of drug-likeness (QED) is 0.781. The van der Waals surface area contributed by atoms with Gasteiger partial charge in [0.25, 0.3) is 5.91 Å². The second-order valence-electron chi connectivity index (χ2n) is 7.37. The van der Waals surface area contributed by atoms with Crippen LogP contribution in [0.3, 0.4) is 0 Å².